The van der Waals surface area contributed by atoms with Gasteiger partial charge >= 0.3 is 11.6 Å². The number of carbonyl (C=O) groups is 2. The molecule has 0 fully saturated rings. The van der Waals surface area contributed by atoms with Crippen LogP contribution in [0.25, 0.3) is 11.0 Å². The summed E-state index contributed by atoms with van der Waals surface area (Å²) in [6, 6.07) is 7.99. The molecule has 2 aromatic rings. The Kier molecular flexibility index (Phi) is 6.36. The fraction of sp³-hybridized carbons (Fsp3) is 0.353. The molecule has 0 saturated carbocycles. The SMILES string of the molecule is CCOC(=O)CCCNC(=O)COc1ccc2ccc(=O)oc2c1. The number of hydrogen-bond donors (Lipinski definition) is 1. The minimum atomic E-state index is -0.445. The number of amides is 1. The summed E-state index contributed by atoms with van der Waals surface area (Å²) in [7, 11) is 0. The van der Waals surface area contributed by atoms with E-state index >= 15 is 0 Å². The third-order valence-electron chi connectivity index (χ3n) is 3.15. The van der Waals surface area contributed by atoms with Crippen LogP contribution in [-0.2, 0) is 14.3 Å². The second-order valence-corrected chi connectivity index (χ2v) is 5.00. The first-order valence-corrected chi connectivity index (χ1v) is 7.67. The lowest BCUT2D eigenvalue weighted by molar-refractivity contribution is -0.143. The van der Waals surface area contributed by atoms with E-state index in [1.807, 2.05) is 0 Å². The van der Waals surface area contributed by atoms with Gasteiger partial charge in [0.05, 0.1) is 6.61 Å². The minimum absolute atomic E-state index is 0.165. The van der Waals surface area contributed by atoms with Gasteiger partial charge in [-0.15, -0.1) is 0 Å². The molecule has 0 aliphatic heterocycles. The molecule has 1 N–H and O–H groups in total. The molecule has 7 nitrogen and oxygen atoms in total. The summed E-state index contributed by atoms with van der Waals surface area (Å²) < 4.78 is 15.2. The predicted octanol–water partition coefficient (Wildman–Crippen LogP) is 1.63. The molecule has 0 spiro atoms. The molecule has 2 rings (SSSR count). The quantitative estimate of drug-likeness (QED) is 0.448. The van der Waals surface area contributed by atoms with E-state index in [-0.39, 0.29) is 24.9 Å². The zero-order valence-corrected chi connectivity index (χ0v) is 13.4. The highest BCUT2D eigenvalue weighted by atomic mass is 16.5. The van der Waals surface area contributed by atoms with Gasteiger partial charge in [-0.05, 0) is 31.5 Å². The molecule has 0 unspecified atom stereocenters. The van der Waals surface area contributed by atoms with E-state index in [1.54, 1.807) is 31.2 Å². The van der Waals surface area contributed by atoms with Crippen LogP contribution in [0.2, 0.25) is 0 Å². The van der Waals surface area contributed by atoms with Crippen LogP contribution in [0.3, 0.4) is 0 Å². The molecule has 24 heavy (non-hydrogen) atoms. The van der Waals surface area contributed by atoms with Crippen molar-refractivity contribution in [2.45, 2.75) is 19.8 Å². The largest absolute Gasteiger partial charge is 0.484 e. The van der Waals surface area contributed by atoms with Crippen molar-refractivity contribution in [3.05, 3.63) is 40.8 Å². The number of fused-ring (bicyclic) bond motifs is 1. The van der Waals surface area contributed by atoms with Crippen molar-refractivity contribution in [1.29, 1.82) is 0 Å². The number of benzene rings is 1. The third kappa shape index (κ3) is 5.42. The Balaban J connectivity index is 1.75. The van der Waals surface area contributed by atoms with Gasteiger partial charge in [-0.3, -0.25) is 9.59 Å². The summed E-state index contributed by atoms with van der Waals surface area (Å²) in [6.45, 7) is 2.30. The van der Waals surface area contributed by atoms with Crippen molar-refractivity contribution in [2.24, 2.45) is 0 Å². The highest BCUT2D eigenvalue weighted by molar-refractivity contribution is 5.79. The summed E-state index contributed by atoms with van der Waals surface area (Å²) in [5.41, 5.74) is -0.0474. The Morgan fingerprint density at radius 1 is 1.21 bits per heavy atom. The van der Waals surface area contributed by atoms with Gasteiger partial charge in [0.15, 0.2) is 6.61 Å². The predicted molar refractivity (Wildman–Crippen MR) is 86.9 cm³/mol. The van der Waals surface area contributed by atoms with Gasteiger partial charge in [-0.1, -0.05) is 0 Å². The third-order valence-corrected chi connectivity index (χ3v) is 3.15. The van der Waals surface area contributed by atoms with Crippen molar-refractivity contribution in [2.75, 3.05) is 19.8 Å². The lowest BCUT2D eigenvalue weighted by atomic mass is 10.2. The highest BCUT2D eigenvalue weighted by Crippen LogP contribution is 2.19. The first-order chi connectivity index (χ1) is 11.6. The van der Waals surface area contributed by atoms with E-state index in [4.69, 9.17) is 13.9 Å². The topological polar surface area (TPSA) is 94.8 Å². The van der Waals surface area contributed by atoms with E-state index < -0.39 is 5.63 Å². The normalized spacial score (nSPS) is 10.4. The Hall–Kier alpha value is -2.83. The van der Waals surface area contributed by atoms with Crippen molar-refractivity contribution >= 4 is 22.8 Å². The van der Waals surface area contributed by atoms with E-state index in [9.17, 15) is 14.4 Å². The van der Waals surface area contributed by atoms with Gasteiger partial charge < -0.3 is 19.2 Å². The van der Waals surface area contributed by atoms with Crippen molar-refractivity contribution < 1.29 is 23.5 Å². The Morgan fingerprint density at radius 3 is 2.79 bits per heavy atom. The molecule has 1 aromatic carbocycles. The number of hydrogen-bond acceptors (Lipinski definition) is 6. The smallest absolute Gasteiger partial charge is 0.336 e. The maximum atomic E-state index is 11.7. The molecule has 0 atom stereocenters. The van der Waals surface area contributed by atoms with Gasteiger partial charge in [0.2, 0.25) is 0 Å². The van der Waals surface area contributed by atoms with Gasteiger partial charge in [-0.2, -0.15) is 0 Å². The Morgan fingerprint density at radius 2 is 2.00 bits per heavy atom. The molecule has 0 saturated heterocycles. The van der Waals surface area contributed by atoms with E-state index in [2.05, 4.69) is 5.32 Å². The molecule has 0 bridgehead atoms. The molecule has 0 radical (unpaired) electrons. The molecule has 128 valence electrons. The molecule has 1 aromatic heterocycles. The van der Waals surface area contributed by atoms with Crippen LogP contribution in [0.5, 0.6) is 5.75 Å². The lowest BCUT2D eigenvalue weighted by Gasteiger charge is -2.08. The molecule has 1 amide bonds. The Labute approximate surface area is 138 Å². The summed E-state index contributed by atoms with van der Waals surface area (Å²) in [4.78, 5) is 34.0. The van der Waals surface area contributed by atoms with Crippen LogP contribution in [-0.4, -0.2) is 31.6 Å². The fourth-order valence-corrected chi connectivity index (χ4v) is 2.02. The first kappa shape index (κ1) is 17.5. The monoisotopic (exact) mass is 333 g/mol. The number of nitrogens with one attached hydrogen (secondary N) is 1. The molecular formula is C17H19NO6. The molecular weight excluding hydrogens is 314 g/mol. The average molecular weight is 333 g/mol. The zero-order valence-electron chi connectivity index (χ0n) is 13.4. The number of esters is 1. The fourth-order valence-electron chi connectivity index (χ4n) is 2.02. The summed E-state index contributed by atoms with van der Waals surface area (Å²) in [5, 5.41) is 3.42. The second-order valence-electron chi connectivity index (χ2n) is 5.00. The standard InChI is InChI=1S/C17H19NO6/c1-2-22-16(20)4-3-9-18-15(19)11-23-13-7-5-12-6-8-17(21)24-14(12)10-13/h5-8,10H,2-4,9,11H2,1H3,(H,18,19). The highest BCUT2D eigenvalue weighted by Gasteiger charge is 2.06. The van der Waals surface area contributed by atoms with Crippen LogP contribution in [0.1, 0.15) is 19.8 Å². The summed E-state index contributed by atoms with van der Waals surface area (Å²) >= 11 is 0. The van der Waals surface area contributed by atoms with Crippen LogP contribution in [0.4, 0.5) is 0 Å². The minimum Gasteiger partial charge on any atom is -0.484 e. The average Bonchev–Trinajstić information content (AvgIpc) is 2.56. The van der Waals surface area contributed by atoms with E-state index in [1.165, 1.54) is 6.07 Å². The molecule has 1 heterocycles. The van der Waals surface area contributed by atoms with Crippen LogP contribution >= 0.6 is 0 Å². The summed E-state index contributed by atoms with van der Waals surface area (Å²) in [6.07, 6.45) is 0.768. The van der Waals surface area contributed by atoms with Gasteiger partial charge in [0.1, 0.15) is 11.3 Å². The van der Waals surface area contributed by atoms with Crippen LogP contribution in [0.15, 0.2) is 39.5 Å². The van der Waals surface area contributed by atoms with E-state index in [0.29, 0.717) is 30.9 Å². The van der Waals surface area contributed by atoms with Gasteiger partial charge in [-0.25, -0.2) is 4.79 Å². The van der Waals surface area contributed by atoms with Crippen LogP contribution in [0, 0.1) is 0 Å². The summed E-state index contributed by atoms with van der Waals surface area (Å²) in [5.74, 6) is -0.146. The first-order valence-electron chi connectivity index (χ1n) is 7.67. The van der Waals surface area contributed by atoms with Crippen LogP contribution < -0.4 is 15.7 Å². The molecule has 0 aliphatic rings. The zero-order chi connectivity index (χ0) is 17.4. The van der Waals surface area contributed by atoms with Gasteiger partial charge in [0, 0.05) is 30.5 Å². The number of carbonyl (C=O) groups excluding carboxylic acids is 2. The van der Waals surface area contributed by atoms with Crippen molar-refractivity contribution in [3.63, 3.8) is 0 Å². The molecule has 7 heteroatoms. The maximum Gasteiger partial charge on any atom is 0.336 e. The number of rotatable bonds is 8. The Bertz CT molecular complexity index is 767. The second kappa shape index (κ2) is 8.71. The van der Waals surface area contributed by atoms with Crippen molar-refractivity contribution in [3.8, 4) is 5.75 Å². The number of ether oxygens (including phenoxy) is 2. The maximum absolute atomic E-state index is 11.7. The molecule has 0 aliphatic carbocycles. The lowest BCUT2D eigenvalue weighted by Crippen LogP contribution is -2.30. The van der Waals surface area contributed by atoms with Crippen molar-refractivity contribution in [1.82, 2.24) is 5.32 Å². The van der Waals surface area contributed by atoms with E-state index in [0.717, 1.165) is 5.39 Å². The van der Waals surface area contributed by atoms with Gasteiger partial charge in [0.25, 0.3) is 5.91 Å².